The molecule has 1 aromatic carbocycles. The van der Waals surface area contributed by atoms with E-state index in [-0.39, 0.29) is 12.2 Å². The van der Waals surface area contributed by atoms with E-state index < -0.39 is 5.97 Å². The first kappa shape index (κ1) is 11.0. The molecule has 0 fully saturated rings. The van der Waals surface area contributed by atoms with E-state index in [1.807, 2.05) is 18.2 Å². The van der Waals surface area contributed by atoms with Crippen LogP contribution < -0.4 is 4.74 Å². The summed E-state index contributed by atoms with van der Waals surface area (Å²) in [5.74, 6) is -0.380. The van der Waals surface area contributed by atoms with E-state index in [0.717, 1.165) is 3.57 Å². The highest BCUT2D eigenvalue weighted by Crippen LogP contribution is 2.15. The molecular weight excluding hydrogens is 295 g/mol. The molecule has 1 rings (SSSR count). The van der Waals surface area contributed by atoms with Crippen molar-refractivity contribution in [2.75, 3.05) is 6.61 Å². The molecule has 0 atom stereocenters. The van der Waals surface area contributed by atoms with Gasteiger partial charge in [0.05, 0.1) is 5.57 Å². The van der Waals surface area contributed by atoms with Crippen molar-refractivity contribution in [3.05, 3.63) is 40.0 Å². The second-order valence-electron chi connectivity index (χ2n) is 2.65. The Balaban J connectivity index is 2.54. The first-order valence-corrected chi connectivity index (χ1v) is 4.97. The van der Waals surface area contributed by atoms with Crippen molar-refractivity contribution in [2.45, 2.75) is 0 Å². The predicted octanol–water partition coefficient (Wildman–Crippen LogP) is 2.31. The number of rotatable bonds is 4. The summed E-state index contributed by atoms with van der Waals surface area (Å²) in [6.45, 7) is 3.37. The van der Waals surface area contributed by atoms with Crippen LogP contribution in [0.15, 0.2) is 36.4 Å². The highest BCUT2D eigenvalue weighted by Gasteiger charge is 2.04. The van der Waals surface area contributed by atoms with Crippen LogP contribution in [0.5, 0.6) is 5.75 Å². The Morgan fingerprint density at radius 1 is 1.57 bits per heavy atom. The van der Waals surface area contributed by atoms with Crippen molar-refractivity contribution in [1.82, 2.24) is 0 Å². The van der Waals surface area contributed by atoms with E-state index in [1.54, 1.807) is 6.07 Å². The minimum absolute atomic E-state index is 0.00935. The standard InChI is InChI=1S/C10H9IO3/c1-7(10(12)13)6-14-9-4-2-3-8(11)5-9/h2-5H,1,6H2,(H,12,13). The van der Waals surface area contributed by atoms with Gasteiger partial charge in [0.1, 0.15) is 12.4 Å². The first-order chi connectivity index (χ1) is 6.59. The summed E-state index contributed by atoms with van der Waals surface area (Å²) in [4.78, 5) is 10.4. The molecule has 4 heteroatoms. The Kier molecular flexibility index (Phi) is 3.94. The van der Waals surface area contributed by atoms with Crippen LogP contribution in [0, 0.1) is 3.57 Å². The molecule has 1 N–H and O–H groups in total. The summed E-state index contributed by atoms with van der Waals surface area (Å²) in [5, 5.41) is 8.53. The van der Waals surface area contributed by atoms with Gasteiger partial charge in [0.25, 0.3) is 0 Å². The summed E-state index contributed by atoms with van der Waals surface area (Å²) in [6.07, 6.45) is 0. The Morgan fingerprint density at radius 2 is 2.29 bits per heavy atom. The second kappa shape index (κ2) is 4.99. The Hall–Kier alpha value is -1.04. The van der Waals surface area contributed by atoms with Crippen molar-refractivity contribution >= 4 is 28.6 Å². The van der Waals surface area contributed by atoms with Gasteiger partial charge in [-0.05, 0) is 40.8 Å². The van der Waals surface area contributed by atoms with Gasteiger partial charge in [-0.3, -0.25) is 0 Å². The number of ether oxygens (including phenoxy) is 1. The number of benzene rings is 1. The lowest BCUT2D eigenvalue weighted by molar-refractivity contribution is -0.133. The molecule has 0 heterocycles. The normalized spacial score (nSPS) is 9.50. The molecule has 14 heavy (non-hydrogen) atoms. The van der Waals surface area contributed by atoms with Crippen LogP contribution in [0.1, 0.15) is 0 Å². The maximum Gasteiger partial charge on any atom is 0.334 e. The van der Waals surface area contributed by atoms with Gasteiger partial charge >= 0.3 is 5.97 Å². The molecule has 0 unspecified atom stereocenters. The number of carboxylic acids is 1. The number of halogens is 1. The van der Waals surface area contributed by atoms with Gasteiger partial charge in [0, 0.05) is 3.57 Å². The van der Waals surface area contributed by atoms with Crippen LogP contribution in [-0.2, 0) is 4.79 Å². The van der Waals surface area contributed by atoms with Gasteiger partial charge in [0.2, 0.25) is 0 Å². The number of carboxylic acid groups (broad SMARTS) is 1. The molecule has 3 nitrogen and oxygen atoms in total. The van der Waals surface area contributed by atoms with E-state index in [9.17, 15) is 4.79 Å². The molecule has 0 saturated carbocycles. The molecule has 0 amide bonds. The molecule has 0 bridgehead atoms. The third-order valence-corrected chi connectivity index (χ3v) is 2.18. The Morgan fingerprint density at radius 3 is 2.86 bits per heavy atom. The molecule has 1 aromatic rings. The second-order valence-corrected chi connectivity index (χ2v) is 3.90. The van der Waals surface area contributed by atoms with Crippen molar-refractivity contribution in [1.29, 1.82) is 0 Å². The quantitative estimate of drug-likeness (QED) is 0.686. The zero-order valence-corrected chi connectivity index (χ0v) is 9.52. The largest absolute Gasteiger partial charge is 0.489 e. The number of carbonyl (C=O) groups is 1. The van der Waals surface area contributed by atoms with Crippen LogP contribution in [0.2, 0.25) is 0 Å². The van der Waals surface area contributed by atoms with Gasteiger partial charge in [-0.25, -0.2) is 4.79 Å². The number of aliphatic carboxylic acids is 1. The molecular formula is C10H9IO3. The number of hydrogen-bond acceptors (Lipinski definition) is 2. The fourth-order valence-electron chi connectivity index (χ4n) is 0.789. The molecule has 0 aromatic heterocycles. The van der Waals surface area contributed by atoms with Crippen LogP contribution >= 0.6 is 22.6 Å². The minimum atomic E-state index is -1.03. The van der Waals surface area contributed by atoms with Crippen molar-refractivity contribution in [3.63, 3.8) is 0 Å². The van der Waals surface area contributed by atoms with Crippen LogP contribution in [-0.4, -0.2) is 17.7 Å². The molecule has 0 radical (unpaired) electrons. The molecule has 0 saturated heterocycles. The Labute approximate surface area is 95.5 Å². The smallest absolute Gasteiger partial charge is 0.334 e. The van der Waals surface area contributed by atoms with Crippen molar-refractivity contribution in [2.24, 2.45) is 0 Å². The van der Waals surface area contributed by atoms with Gasteiger partial charge in [-0.15, -0.1) is 0 Å². The molecule has 0 aliphatic carbocycles. The molecule has 0 spiro atoms. The minimum Gasteiger partial charge on any atom is -0.489 e. The van der Waals surface area contributed by atoms with E-state index >= 15 is 0 Å². The summed E-state index contributed by atoms with van der Waals surface area (Å²) in [7, 11) is 0. The van der Waals surface area contributed by atoms with Gasteiger partial charge in [-0.2, -0.15) is 0 Å². The fourth-order valence-corrected chi connectivity index (χ4v) is 1.30. The maximum absolute atomic E-state index is 10.4. The van der Waals surface area contributed by atoms with E-state index in [0.29, 0.717) is 5.75 Å². The van der Waals surface area contributed by atoms with Crippen molar-refractivity contribution in [3.8, 4) is 5.75 Å². The van der Waals surface area contributed by atoms with Gasteiger partial charge in [0.15, 0.2) is 0 Å². The SMILES string of the molecule is C=C(COc1cccc(I)c1)C(=O)O. The highest BCUT2D eigenvalue weighted by atomic mass is 127. The monoisotopic (exact) mass is 304 g/mol. The Bertz CT molecular complexity index is 360. The third kappa shape index (κ3) is 3.37. The topological polar surface area (TPSA) is 46.5 Å². The zero-order valence-electron chi connectivity index (χ0n) is 7.37. The number of hydrogen-bond donors (Lipinski definition) is 1. The van der Waals surface area contributed by atoms with Gasteiger partial charge < -0.3 is 9.84 Å². The highest BCUT2D eigenvalue weighted by molar-refractivity contribution is 14.1. The van der Waals surface area contributed by atoms with Gasteiger partial charge in [-0.1, -0.05) is 12.6 Å². The average molecular weight is 304 g/mol. The van der Waals surface area contributed by atoms with Crippen LogP contribution in [0.4, 0.5) is 0 Å². The van der Waals surface area contributed by atoms with E-state index in [1.165, 1.54) is 0 Å². The van der Waals surface area contributed by atoms with Crippen molar-refractivity contribution < 1.29 is 14.6 Å². The van der Waals surface area contributed by atoms with E-state index in [4.69, 9.17) is 9.84 Å². The lowest BCUT2D eigenvalue weighted by atomic mass is 10.3. The van der Waals surface area contributed by atoms with Crippen LogP contribution in [0.3, 0.4) is 0 Å². The first-order valence-electron chi connectivity index (χ1n) is 3.89. The summed E-state index contributed by atoms with van der Waals surface area (Å²) in [5.41, 5.74) is 0.0452. The molecule has 0 aliphatic rings. The lowest BCUT2D eigenvalue weighted by Crippen LogP contribution is -2.08. The lowest BCUT2D eigenvalue weighted by Gasteiger charge is -2.05. The zero-order chi connectivity index (χ0) is 10.6. The fraction of sp³-hybridized carbons (Fsp3) is 0.100. The average Bonchev–Trinajstić information content (AvgIpc) is 2.14. The summed E-state index contributed by atoms with van der Waals surface area (Å²) < 4.78 is 6.27. The summed E-state index contributed by atoms with van der Waals surface area (Å²) >= 11 is 2.16. The predicted molar refractivity (Wildman–Crippen MR) is 61.4 cm³/mol. The molecule has 74 valence electrons. The molecule has 0 aliphatic heterocycles. The summed E-state index contributed by atoms with van der Waals surface area (Å²) in [6, 6.07) is 7.38. The third-order valence-electron chi connectivity index (χ3n) is 1.51. The van der Waals surface area contributed by atoms with E-state index in [2.05, 4.69) is 29.2 Å². The van der Waals surface area contributed by atoms with Crippen LogP contribution in [0.25, 0.3) is 0 Å². The maximum atomic E-state index is 10.4.